The molecule has 0 aliphatic heterocycles. The third-order valence-electron chi connectivity index (χ3n) is 3.56. The van der Waals surface area contributed by atoms with Crippen molar-refractivity contribution in [1.29, 1.82) is 0 Å². The highest BCUT2D eigenvalue weighted by Gasteiger charge is 2.15. The van der Waals surface area contributed by atoms with Crippen LogP contribution in [-0.4, -0.2) is 23.5 Å². The Bertz CT molecular complexity index is 714. The van der Waals surface area contributed by atoms with Gasteiger partial charge in [0.05, 0.1) is 6.04 Å². The second-order valence-corrected chi connectivity index (χ2v) is 6.39. The zero-order valence-electron chi connectivity index (χ0n) is 13.8. The predicted octanol–water partition coefficient (Wildman–Crippen LogP) is 2.54. The number of carbonyl (C=O) groups excluding carboxylic acids is 2. The van der Waals surface area contributed by atoms with Gasteiger partial charge in [0, 0.05) is 23.2 Å². The zero-order valence-corrected chi connectivity index (χ0v) is 14.7. The van der Waals surface area contributed by atoms with Crippen LogP contribution in [0.5, 0.6) is 0 Å². The predicted molar refractivity (Wildman–Crippen MR) is 95.1 cm³/mol. The molecule has 4 N–H and O–H groups in total. The molecule has 7 heteroatoms. The fourth-order valence-electron chi connectivity index (χ4n) is 2.28. The number of carbonyl (C=O) groups is 2. The Labute approximate surface area is 145 Å². The van der Waals surface area contributed by atoms with E-state index in [-0.39, 0.29) is 12.1 Å². The highest BCUT2D eigenvalue weighted by atomic mass is 32.1. The minimum absolute atomic E-state index is 0.0816. The van der Waals surface area contributed by atoms with Crippen molar-refractivity contribution >= 4 is 23.3 Å². The maximum Gasteiger partial charge on any atom is 0.315 e. The number of aromatic nitrogens is 1. The topological polar surface area (TPSA) is 97.1 Å². The Morgan fingerprint density at radius 1 is 1.38 bits per heavy atom. The molecule has 2 aromatic rings. The number of benzene rings is 1. The first-order chi connectivity index (χ1) is 11.5. The molecule has 1 heterocycles. The van der Waals surface area contributed by atoms with E-state index < -0.39 is 5.91 Å². The summed E-state index contributed by atoms with van der Waals surface area (Å²) in [4.78, 5) is 27.6. The molecule has 2 rings (SSSR count). The molecular weight excluding hydrogens is 324 g/mol. The number of nitrogens with one attached hydrogen (secondary N) is 2. The van der Waals surface area contributed by atoms with Gasteiger partial charge in [0.1, 0.15) is 5.01 Å². The lowest BCUT2D eigenvalue weighted by atomic mass is 10.1. The fraction of sp³-hybridized carbons (Fsp3) is 0.353. The molecule has 0 aliphatic rings. The number of thiazole rings is 1. The van der Waals surface area contributed by atoms with Gasteiger partial charge in [0.2, 0.25) is 5.91 Å². The van der Waals surface area contributed by atoms with Crippen molar-refractivity contribution in [3.8, 4) is 0 Å². The smallest absolute Gasteiger partial charge is 0.315 e. The van der Waals surface area contributed by atoms with Crippen LogP contribution in [0.2, 0.25) is 0 Å². The van der Waals surface area contributed by atoms with Crippen LogP contribution in [0.4, 0.5) is 4.79 Å². The normalized spacial score (nSPS) is 11.8. The molecule has 0 saturated heterocycles. The van der Waals surface area contributed by atoms with Crippen LogP contribution in [0.3, 0.4) is 0 Å². The molecule has 24 heavy (non-hydrogen) atoms. The summed E-state index contributed by atoms with van der Waals surface area (Å²) in [5.74, 6) is -0.452. The zero-order chi connectivity index (χ0) is 17.5. The van der Waals surface area contributed by atoms with Gasteiger partial charge in [0.15, 0.2) is 0 Å². The Morgan fingerprint density at radius 3 is 2.79 bits per heavy atom. The van der Waals surface area contributed by atoms with E-state index in [0.717, 1.165) is 22.7 Å². The van der Waals surface area contributed by atoms with E-state index in [1.165, 1.54) is 0 Å². The molecule has 0 bridgehead atoms. The van der Waals surface area contributed by atoms with Crippen LogP contribution in [0.15, 0.2) is 29.6 Å². The molecular formula is C17H22N4O2S. The summed E-state index contributed by atoms with van der Waals surface area (Å²) in [6, 6.07) is 6.80. The van der Waals surface area contributed by atoms with Crippen molar-refractivity contribution in [2.24, 2.45) is 5.73 Å². The van der Waals surface area contributed by atoms with Crippen molar-refractivity contribution in [2.75, 3.05) is 6.54 Å². The van der Waals surface area contributed by atoms with E-state index in [1.54, 1.807) is 29.5 Å². The SMILES string of the molecule is CC[C@H](NC(=O)NCCc1cccc(C(N)=O)c1)c1nc(C)cs1. The first kappa shape index (κ1) is 17.9. The maximum atomic E-state index is 12.0. The van der Waals surface area contributed by atoms with Crippen molar-refractivity contribution < 1.29 is 9.59 Å². The first-order valence-corrected chi connectivity index (χ1v) is 8.72. The van der Waals surface area contributed by atoms with Gasteiger partial charge >= 0.3 is 6.03 Å². The number of rotatable bonds is 7. The quantitative estimate of drug-likeness (QED) is 0.718. The molecule has 128 valence electrons. The number of amides is 3. The fourth-order valence-corrected chi connectivity index (χ4v) is 3.21. The summed E-state index contributed by atoms with van der Waals surface area (Å²) in [5, 5.41) is 8.66. The summed E-state index contributed by atoms with van der Waals surface area (Å²) in [7, 11) is 0. The Hall–Kier alpha value is -2.41. The third-order valence-corrected chi connectivity index (χ3v) is 4.64. The lowest BCUT2D eigenvalue weighted by Gasteiger charge is -2.15. The Morgan fingerprint density at radius 2 is 2.17 bits per heavy atom. The number of nitrogens with zero attached hydrogens (tertiary/aromatic N) is 1. The van der Waals surface area contributed by atoms with E-state index in [2.05, 4.69) is 15.6 Å². The van der Waals surface area contributed by atoms with Gasteiger partial charge in [-0.1, -0.05) is 19.1 Å². The average Bonchev–Trinajstić information content (AvgIpc) is 2.99. The van der Waals surface area contributed by atoms with Gasteiger partial charge < -0.3 is 16.4 Å². The number of hydrogen-bond acceptors (Lipinski definition) is 4. The Kier molecular flexibility index (Phi) is 6.31. The number of hydrogen-bond donors (Lipinski definition) is 3. The van der Waals surface area contributed by atoms with Crippen molar-refractivity contribution in [1.82, 2.24) is 15.6 Å². The van der Waals surface area contributed by atoms with E-state index in [1.807, 2.05) is 25.3 Å². The highest BCUT2D eigenvalue weighted by molar-refractivity contribution is 7.09. The van der Waals surface area contributed by atoms with Gasteiger partial charge in [-0.2, -0.15) is 0 Å². The second-order valence-electron chi connectivity index (χ2n) is 5.50. The summed E-state index contributed by atoms with van der Waals surface area (Å²) in [5.41, 5.74) is 7.65. The van der Waals surface area contributed by atoms with Crippen LogP contribution in [0.25, 0.3) is 0 Å². The average molecular weight is 346 g/mol. The van der Waals surface area contributed by atoms with E-state index in [9.17, 15) is 9.59 Å². The minimum atomic E-state index is -0.452. The number of primary amides is 1. The molecule has 1 atom stereocenters. The van der Waals surface area contributed by atoms with Gasteiger partial charge in [-0.25, -0.2) is 9.78 Å². The number of urea groups is 1. The van der Waals surface area contributed by atoms with Crippen LogP contribution >= 0.6 is 11.3 Å². The monoisotopic (exact) mass is 346 g/mol. The summed E-state index contributed by atoms with van der Waals surface area (Å²) < 4.78 is 0. The van der Waals surface area contributed by atoms with E-state index >= 15 is 0 Å². The number of aryl methyl sites for hydroxylation is 1. The van der Waals surface area contributed by atoms with Gasteiger partial charge in [-0.05, 0) is 37.5 Å². The van der Waals surface area contributed by atoms with Gasteiger partial charge in [0.25, 0.3) is 0 Å². The molecule has 1 aromatic heterocycles. The van der Waals surface area contributed by atoms with Gasteiger partial charge in [-0.15, -0.1) is 11.3 Å². The largest absolute Gasteiger partial charge is 0.366 e. The van der Waals surface area contributed by atoms with Crippen LogP contribution in [0, 0.1) is 6.92 Å². The van der Waals surface area contributed by atoms with Crippen LogP contribution in [0.1, 0.15) is 46.0 Å². The summed E-state index contributed by atoms with van der Waals surface area (Å²) in [6.45, 7) is 4.42. The highest BCUT2D eigenvalue weighted by Crippen LogP contribution is 2.20. The number of nitrogens with two attached hydrogens (primary N) is 1. The summed E-state index contributed by atoms with van der Waals surface area (Å²) in [6.07, 6.45) is 1.41. The lowest BCUT2D eigenvalue weighted by Crippen LogP contribution is -2.38. The molecule has 0 spiro atoms. The molecule has 0 aliphatic carbocycles. The van der Waals surface area contributed by atoms with Crippen LogP contribution in [-0.2, 0) is 6.42 Å². The van der Waals surface area contributed by atoms with Gasteiger partial charge in [-0.3, -0.25) is 4.79 Å². The van der Waals surface area contributed by atoms with Crippen molar-refractivity contribution in [3.05, 3.63) is 51.5 Å². The first-order valence-electron chi connectivity index (χ1n) is 7.84. The molecule has 1 aromatic carbocycles. The molecule has 6 nitrogen and oxygen atoms in total. The Balaban J connectivity index is 1.82. The van der Waals surface area contributed by atoms with Crippen molar-refractivity contribution in [2.45, 2.75) is 32.7 Å². The second kappa shape index (κ2) is 8.44. The maximum absolute atomic E-state index is 12.0. The van der Waals surface area contributed by atoms with E-state index in [0.29, 0.717) is 18.5 Å². The van der Waals surface area contributed by atoms with Crippen LogP contribution < -0.4 is 16.4 Å². The van der Waals surface area contributed by atoms with Crippen molar-refractivity contribution in [3.63, 3.8) is 0 Å². The summed E-state index contributed by atoms with van der Waals surface area (Å²) >= 11 is 1.55. The molecule has 0 fully saturated rings. The molecule has 0 radical (unpaired) electrons. The standard InChI is InChI=1S/C17H22N4O2S/c1-3-14(16-20-11(2)10-24-16)21-17(23)19-8-7-12-5-4-6-13(9-12)15(18)22/h4-6,9-10,14H,3,7-8H2,1-2H3,(H2,18,22)(H2,19,21,23)/t14-/m0/s1. The molecule has 3 amide bonds. The lowest BCUT2D eigenvalue weighted by molar-refractivity contribution is 0.1000. The third kappa shape index (κ3) is 5.06. The molecule has 0 unspecified atom stereocenters. The molecule has 0 saturated carbocycles. The van der Waals surface area contributed by atoms with E-state index in [4.69, 9.17) is 5.73 Å². The minimum Gasteiger partial charge on any atom is -0.366 e.